The summed E-state index contributed by atoms with van der Waals surface area (Å²) in [5, 5.41) is 13.8. The van der Waals surface area contributed by atoms with E-state index in [1.165, 1.54) is 31.3 Å². The molecule has 0 bridgehead atoms. The lowest BCUT2D eigenvalue weighted by molar-refractivity contribution is 1.26. The van der Waals surface area contributed by atoms with Crippen LogP contribution in [0.5, 0.6) is 0 Å². The summed E-state index contributed by atoms with van der Waals surface area (Å²) in [7, 11) is 0. The van der Waals surface area contributed by atoms with Crippen LogP contribution in [0.2, 0.25) is 0 Å². The molecule has 9 aromatic carbocycles. The van der Waals surface area contributed by atoms with Crippen molar-refractivity contribution < 1.29 is 0 Å². The largest absolute Gasteiger partial charge is 0.299 e. The number of anilines is 4. The minimum absolute atomic E-state index is 0.873. The number of hydrogen-bond donors (Lipinski definition) is 0. The van der Waals surface area contributed by atoms with Gasteiger partial charge in [0.15, 0.2) is 0 Å². The third kappa shape index (κ3) is 7.44. The van der Waals surface area contributed by atoms with Crippen LogP contribution in [0.1, 0.15) is 11.1 Å². The van der Waals surface area contributed by atoms with Gasteiger partial charge in [-0.25, -0.2) is 9.98 Å². The Labute approximate surface area is 383 Å². The maximum atomic E-state index is 5.49. The van der Waals surface area contributed by atoms with Gasteiger partial charge in [-0.2, -0.15) is 0 Å². The average Bonchev–Trinajstić information content (AvgIpc) is 3.36. The number of nitrogens with zero attached hydrogens (tertiary/aromatic N) is 4. The molecule has 0 radical (unpaired) electrons. The third-order valence-corrected chi connectivity index (χ3v) is 12.7. The monoisotopic (exact) mass is 846 g/mol. The third-order valence-electron chi connectivity index (χ3n) is 12.7. The van der Waals surface area contributed by atoms with Crippen molar-refractivity contribution in [2.24, 2.45) is 9.98 Å². The fourth-order valence-corrected chi connectivity index (χ4v) is 9.48. The second-order valence-corrected chi connectivity index (χ2v) is 16.7. The van der Waals surface area contributed by atoms with Crippen LogP contribution in [-0.2, 0) is 0 Å². The molecule has 2 aliphatic rings. The second-order valence-electron chi connectivity index (χ2n) is 16.7. The van der Waals surface area contributed by atoms with Crippen LogP contribution in [0.15, 0.2) is 228 Å². The lowest BCUT2D eigenvalue weighted by Gasteiger charge is -2.29. The number of rotatable bonds is 8. The van der Waals surface area contributed by atoms with E-state index in [0.29, 0.717) is 0 Å². The minimum Gasteiger partial charge on any atom is -0.299 e. The Kier molecular flexibility index (Phi) is 10.7. The molecule has 0 spiro atoms. The van der Waals surface area contributed by atoms with Crippen molar-refractivity contribution in [3.63, 3.8) is 0 Å². The smallest absolute Gasteiger partial charge is 0.100 e. The van der Waals surface area contributed by atoms with Crippen LogP contribution in [-0.4, -0.2) is 12.7 Å². The van der Waals surface area contributed by atoms with Crippen LogP contribution in [0, 0.1) is 55.6 Å². The summed E-state index contributed by atoms with van der Waals surface area (Å²) in [6.07, 6.45) is 8.45. The molecule has 0 fully saturated rings. The van der Waals surface area contributed by atoms with E-state index in [2.05, 4.69) is 254 Å². The molecule has 11 rings (SSSR count). The molecule has 0 amide bonds. The first-order valence-corrected chi connectivity index (χ1v) is 22.5. The van der Waals surface area contributed by atoms with Crippen molar-refractivity contribution in [3.05, 3.63) is 292 Å². The molecule has 4 heteroatoms. The zero-order chi connectivity index (χ0) is 44.4. The van der Waals surface area contributed by atoms with Crippen molar-refractivity contribution in [1.29, 1.82) is 0 Å². The van der Waals surface area contributed by atoms with Gasteiger partial charge in [-0.1, -0.05) is 194 Å². The first kappa shape index (κ1) is 40.2. The molecule has 314 valence electrons. The Morgan fingerprint density at radius 2 is 0.530 bits per heavy atom. The summed E-state index contributed by atoms with van der Waals surface area (Å²) in [5.41, 5.74) is 7.92. The predicted octanol–water partition coefficient (Wildman–Crippen LogP) is 11.0. The van der Waals surface area contributed by atoms with Crippen molar-refractivity contribution in [2.75, 3.05) is 9.80 Å². The fraction of sp³-hybridized carbons (Fsp3) is 0.0323. The highest BCUT2D eigenvalue weighted by Gasteiger charge is 2.20. The Bertz CT molecular complexity index is 3850. The second kappa shape index (κ2) is 17.5. The van der Waals surface area contributed by atoms with Crippen LogP contribution in [0.3, 0.4) is 0 Å². The maximum absolute atomic E-state index is 5.49. The quantitative estimate of drug-likeness (QED) is 0.113. The van der Waals surface area contributed by atoms with E-state index >= 15 is 0 Å². The topological polar surface area (TPSA) is 31.2 Å². The number of para-hydroxylation sites is 4. The molecule has 2 aliphatic carbocycles. The average molecular weight is 847 g/mol. The van der Waals surface area contributed by atoms with Crippen LogP contribution in [0.4, 0.5) is 22.7 Å². The summed E-state index contributed by atoms with van der Waals surface area (Å²) in [5.74, 6) is 0. The Morgan fingerprint density at radius 1 is 0.273 bits per heavy atom. The van der Waals surface area contributed by atoms with Gasteiger partial charge in [0.2, 0.25) is 0 Å². The molecular weight excluding hydrogens is 801 g/mol. The van der Waals surface area contributed by atoms with Gasteiger partial charge < -0.3 is 0 Å². The van der Waals surface area contributed by atoms with Gasteiger partial charge in [0, 0.05) is 10.4 Å². The number of benzene rings is 9. The number of aryl methyl sites for hydroxylation is 2. The summed E-state index contributed by atoms with van der Waals surface area (Å²) in [4.78, 5) is 15.4. The summed E-state index contributed by atoms with van der Waals surface area (Å²) in [6.45, 7) is 4.32. The predicted molar refractivity (Wildman–Crippen MR) is 274 cm³/mol. The lowest BCUT2D eigenvalue weighted by atomic mass is 10.0. The van der Waals surface area contributed by atoms with E-state index in [9.17, 15) is 0 Å². The molecule has 0 heterocycles. The van der Waals surface area contributed by atoms with Crippen LogP contribution in [0.25, 0.3) is 23.5 Å². The van der Waals surface area contributed by atoms with Crippen molar-refractivity contribution in [1.82, 2.24) is 0 Å². The molecule has 0 unspecified atom stereocenters. The van der Waals surface area contributed by atoms with E-state index in [-0.39, 0.29) is 0 Å². The van der Waals surface area contributed by atoms with Gasteiger partial charge in [-0.15, -0.1) is 0 Å². The van der Waals surface area contributed by atoms with Crippen LogP contribution >= 0.6 is 0 Å². The number of fused-ring (bicyclic) bond motifs is 6. The maximum Gasteiger partial charge on any atom is 0.100 e. The highest BCUT2D eigenvalue weighted by atomic mass is 15.2. The summed E-state index contributed by atoms with van der Waals surface area (Å²) >= 11 is 0. The fourth-order valence-electron chi connectivity index (χ4n) is 9.48. The van der Waals surface area contributed by atoms with Crippen molar-refractivity contribution >= 4 is 59.0 Å². The number of hydrogen-bond acceptors (Lipinski definition) is 2. The zero-order valence-electron chi connectivity index (χ0n) is 36.9. The number of aliphatic imine (C=N–C) groups is 2. The van der Waals surface area contributed by atoms with E-state index in [4.69, 9.17) is 9.98 Å². The zero-order valence-corrected chi connectivity index (χ0v) is 36.9. The molecule has 0 saturated heterocycles. The van der Waals surface area contributed by atoms with Crippen molar-refractivity contribution in [3.8, 4) is 0 Å². The molecule has 0 atom stereocenters. The van der Waals surface area contributed by atoms with Crippen molar-refractivity contribution in [2.45, 2.75) is 13.8 Å². The Balaban J connectivity index is 1.15. The van der Waals surface area contributed by atoms with E-state index < -0.39 is 0 Å². The van der Waals surface area contributed by atoms with E-state index in [1.807, 2.05) is 12.7 Å². The highest BCUT2D eigenvalue weighted by molar-refractivity contribution is 6.03. The van der Waals surface area contributed by atoms with E-state index in [0.717, 1.165) is 76.6 Å². The van der Waals surface area contributed by atoms with Gasteiger partial charge in [-0.05, 0) is 114 Å². The van der Waals surface area contributed by atoms with Gasteiger partial charge in [0.05, 0.1) is 34.1 Å². The summed E-state index contributed by atoms with van der Waals surface area (Å²) in [6, 6.07) is 77.4. The first-order valence-electron chi connectivity index (χ1n) is 22.5. The molecule has 0 N–H and O–H groups in total. The SMILES string of the molecule is Cc1ccccc1N(C=NC1=c2\cccc\c2=c2/cccc/c2=c2\cccc\c2=C\1)c1ccccc1N(C=NC1=c2\cccc\c2=c2/cccc/c2=c2\cccc\c2=C\1)c1ccccc1C. The highest BCUT2D eigenvalue weighted by Crippen LogP contribution is 2.39. The Morgan fingerprint density at radius 3 is 0.894 bits per heavy atom. The molecule has 9 aromatic rings. The molecular formula is C62H46N4. The molecule has 66 heavy (non-hydrogen) atoms. The van der Waals surface area contributed by atoms with Crippen LogP contribution < -0.4 is 30.7 Å². The van der Waals surface area contributed by atoms with E-state index in [1.54, 1.807) is 0 Å². The Hall–Kier alpha value is -8.60. The molecule has 0 aromatic heterocycles. The minimum atomic E-state index is 0.873. The first-order chi connectivity index (χ1) is 32.6. The normalized spacial score (nSPS) is 17.3. The van der Waals surface area contributed by atoms with Gasteiger partial charge in [0.1, 0.15) is 12.7 Å². The lowest BCUT2D eigenvalue weighted by Crippen LogP contribution is -2.23. The standard InChI is InChI=1S/C62H46N4/c1-43-21-3-17-35-59(43)65(41-63-57-39-45-23-5-7-25-47(45)49-27-9-11-29-51(49)53-31-13-15-33-55(53)57)61-37-19-20-38-62(61)66(60-36-18-4-22-44(60)2)42-64-58-40-46-24-6-8-26-48(46)50-28-10-12-30-52(50)54-32-14-16-34-56(54)58/h3-42H,1-2H3/b45-39-,46-40-,49-47-,50-48-,53-51-,54-52-,57-39?,57-55+,58-40?,58-56+,63-41?,64-42?. The molecule has 4 nitrogen and oxygen atoms in total. The molecule has 0 aliphatic heterocycles. The van der Waals surface area contributed by atoms with Gasteiger partial charge in [0.25, 0.3) is 0 Å². The van der Waals surface area contributed by atoms with Gasteiger partial charge in [-0.3, -0.25) is 9.80 Å². The summed E-state index contributed by atoms with van der Waals surface area (Å²) < 4.78 is 0. The van der Waals surface area contributed by atoms with Gasteiger partial charge >= 0.3 is 0 Å². The molecule has 0 saturated carbocycles.